The van der Waals surface area contributed by atoms with E-state index >= 15 is 0 Å². The predicted molar refractivity (Wildman–Crippen MR) is 78.1 cm³/mol. The zero-order chi connectivity index (χ0) is 13.3. The monoisotopic (exact) mass is 235 g/mol. The Balaban J connectivity index is 0.000000368. The summed E-state index contributed by atoms with van der Waals surface area (Å²) in [5.41, 5.74) is 3.02. The second kappa shape index (κ2) is 9.23. The molecule has 0 saturated carbocycles. The highest BCUT2D eigenvalue weighted by Crippen LogP contribution is 2.21. The number of benzene rings is 1. The van der Waals surface area contributed by atoms with Crippen molar-refractivity contribution in [1.29, 1.82) is 0 Å². The molecule has 0 N–H and O–H groups in total. The van der Waals surface area contributed by atoms with E-state index in [0.717, 1.165) is 25.6 Å². The van der Waals surface area contributed by atoms with E-state index in [9.17, 15) is 0 Å². The van der Waals surface area contributed by atoms with E-state index in [-0.39, 0.29) is 0 Å². The van der Waals surface area contributed by atoms with Crippen molar-refractivity contribution >= 4 is 0 Å². The van der Waals surface area contributed by atoms with Crippen LogP contribution in [0.4, 0.5) is 0 Å². The number of nitrogens with zero attached hydrogens (tertiary/aromatic N) is 1. The summed E-state index contributed by atoms with van der Waals surface area (Å²) in [5.74, 6) is 0.833. The quantitative estimate of drug-likeness (QED) is 0.681. The van der Waals surface area contributed by atoms with Crippen molar-refractivity contribution in [2.75, 3.05) is 6.54 Å². The van der Waals surface area contributed by atoms with E-state index in [1.165, 1.54) is 11.1 Å². The number of fused-ring (bicyclic) bond motifs is 1. The molecule has 0 bridgehead atoms. The van der Waals surface area contributed by atoms with E-state index in [0.29, 0.717) is 0 Å². The minimum Gasteiger partial charge on any atom is -0.295 e. The average molecular weight is 235 g/mol. The third kappa shape index (κ3) is 6.48. The molecule has 0 aromatic heterocycles. The minimum atomic E-state index is 0.833. The van der Waals surface area contributed by atoms with E-state index < -0.39 is 0 Å². The summed E-state index contributed by atoms with van der Waals surface area (Å²) in [4.78, 5) is 2.45. The zero-order valence-electron chi connectivity index (χ0n) is 12.5. The lowest BCUT2D eigenvalue weighted by molar-refractivity contribution is 0.301. The van der Waals surface area contributed by atoms with E-state index in [2.05, 4.69) is 56.9 Å². The molecular weight excluding hydrogens is 206 g/mol. The van der Waals surface area contributed by atoms with Crippen LogP contribution in [0.3, 0.4) is 0 Å². The van der Waals surface area contributed by atoms with Gasteiger partial charge in [0.25, 0.3) is 0 Å². The first kappa shape index (κ1) is 16.2. The van der Waals surface area contributed by atoms with Gasteiger partial charge in [0.2, 0.25) is 0 Å². The third-order valence-corrected chi connectivity index (χ3v) is 2.35. The molecule has 0 amide bonds. The van der Waals surface area contributed by atoms with Crippen LogP contribution in [0.25, 0.3) is 0 Å². The molecule has 98 valence electrons. The summed E-state index contributed by atoms with van der Waals surface area (Å²) in [6, 6.07) is 8.70. The van der Waals surface area contributed by atoms with Crippen LogP contribution in [0.5, 0.6) is 0 Å². The third-order valence-electron chi connectivity index (χ3n) is 2.35. The largest absolute Gasteiger partial charge is 0.295 e. The Morgan fingerprint density at radius 1 is 1.00 bits per heavy atom. The molecule has 0 atom stereocenters. The van der Waals surface area contributed by atoms with Gasteiger partial charge in [-0.05, 0) is 23.6 Å². The van der Waals surface area contributed by atoms with Gasteiger partial charge in [0.15, 0.2) is 0 Å². The Hall–Kier alpha value is -0.820. The Labute approximate surface area is 108 Å². The summed E-state index contributed by atoms with van der Waals surface area (Å²) in [7, 11) is 0. The van der Waals surface area contributed by atoms with Gasteiger partial charge in [0.1, 0.15) is 0 Å². The fourth-order valence-electron chi connectivity index (χ4n) is 1.63. The fraction of sp³-hybridized carbons (Fsp3) is 0.625. The van der Waals surface area contributed by atoms with E-state index in [1.54, 1.807) is 0 Å². The molecule has 1 heterocycles. The van der Waals surface area contributed by atoms with Crippen molar-refractivity contribution in [3.05, 3.63) is 35.4 Å². The molecule has 0 aliphatic carbocycles. The molecule has 0 spiro atoms. The van der Waals surface area contributed by atoms with Gasteiger partial charge >= 0.3 is 0 Å². The Bertz CT molecular complexity index is 264. The molecule has 0 unspecified atom stereocenters. The topological polar surface area (TPSA) is 3.24 Å². The second-order valence-corrected chi connectivity index (χ2v) is 4.80. The summed E-state index contributed by atoms with van der Waals surface area (Å²) in [5, 5.41) is 0. The summed E-state index contributed by atoms with van der Waals surface area (Å²) < 4.78 is 0. The van der Waals surface area contributed by atoms with E-state index in [4.69, 9.17) is 0 Å². The minimum absolute atomic E-state index is 0.833. The molecule has 1 nitrogen and oxygen atoms in total. The van der Waals surface area contributed by atoms with Gasteiger partial charge in [0.05, 0.1) is 0 Å². The maximum Gasteiger partial charge on any atom is 0.0240 e. The maximum absolute atomic E-state index is 2.45. The van der Waals surface area contributed by atoms with Gasteiger partial charge in [-0.15, -0.1) is 0 Å². The van der Waals surface area contributed by atoms with Crippen LogP contribution in [0, 0.1) is 5.92 Å². The Morgan fingerprint density at radius 3 is 1.65 bits per heavy atom. The van der Waals surface area contributed by atoms with Gasteiger partial charge in [0, 0.05) is 13.1 Å². The highest BCUT2D eigenvalue weighted by atomic mass is 15.1. The molecule has 1 aromatic carbocycles. The molecule has 1 heteroatoms. The summed E-state index contributed by atoms with van der Waals surface area (Å²) in [6.45, 7) is 16.2. The predicted octanol–water partition coefficient (Wildman–Crippen LogP) is 4.71. The molecule has 0 fully saturated rings. The molecule has 1 aliphatic heterocycles. The Kier molecular flexibility index (Phi) is 8.79. The fourth-order valence-corrected chi connectivity index (χ4v) is 1.63. The zero-order valence-corrected chi connectivity index (χ0v) is 12.5. The molecule has 2 rings (SSSR count). The van der Waals surface area contributed by atoms with Crippen molar-refractivity contribution in [1.82, 2.24) is 4.90 Å². The highest BCUT2D eigenvalue weighted by molar-refractivity contribution is 5.29. The lowest BCUT2D eigenvalue weighted by Gasteiger charge is -2.09. The molecular formula is C16H29N. The summed E-state index contributed by atoms with van der Waals surface area (Å²) >= 11 is 0. The van der Waals surface area contributed by atoms with Crippen LogP contribution >= 0.6 is 0 Å². The molecule has 1 aliphatic rings. The van der Waals surface area contributed by atoms with Gasteiger partial charge in [-0.1, -0.05) is 65.8 Å². The normalized spacial score (nSPS) is 13.4. The van der Waals surface area contributed by atoms with Crippen LogP contribution in [-0.2, 0) is 13.1 Å². The molecule has 0 saturated heterocycles. The van der Waals surface area contributed by atoms with Gasteiger partial charge < -0.3 is 0 Å². The second-order valence-electron chi connectivity index (χ2n) is 4.80. The highest BCUT2D eigenvalue weighted by Gasteiger charge is 2.15. The van der Waals surface area contributed by atoms with Gasteiger partial charge in [-0.2, -0.15) is 0 Å². The van der Waals surface area contributed by atoms with Crippen molar-refractivity contribution in [2.45, 2.75) is 54.6 Å². The first-order chi connectivity index (χ1) is 8.13. The van der Waals surface area contributed by atoms with Crippen LogP contribution in [0.15, 0.2) is 24.3 Å². The number of hydrogen-bond acceptors (Lipinski definition) is 1. The SMILES string of the molecule is CC.CC(C)C.CCN1Cc2ccccc2C1. The van der Waals surface area contributed by atoms with Crippen molar-refractivity contribution in [2.24, 2.45) is 5.92 Å². The van der Waals surface area contributed by atoms with Crippen LogP contribution < -0.4 is 0 Å². The van der Waals surface area contributed by atoms with Crippen molar-refractivity contribution < 1.29 is 0 Å². The molecule has 17 heavy (non-hydrogen) atoms. The first-order valence-electron chi connectivity index (χ1n) is 6.92. The molecule has 0 radical (unpaired) electrons. The van der Waals surface area contributed by atoms with E-state index in [1.807, 2.05) is 13.8 Å². The molecule has 1 aromatic rings. The lowest BCUT2D eigenvalue weighted by atomic mass is 10.1. The van der Waals surface area contributed by atoms with Crippen molar-refractivity contribution in [3.8, 4) is 0 Å². The van der Waals surface area contributed by atoms with Crippen LogP contribution in [0.2, 0.25) is 0 Å². The average Bonchev–Trinajstić information content (AvgIpc) is 2.73. The smallest absolute Gasteiger partial charge is 0.0240 e. The maximum atomic E-state index is 2.45. The standard InChI is InChI=1S/C10H13N.C4H10.C2H6/c1-2-11-7-9-5-3-4-6-10(9)8-11;1-4(2)3;1-2/h3-6H,2,7-8H2,1H3;4H,1-3H3;1-2H3. The van der Waals surface area contributed by atoms with Gasteiger partial charge in [-0.25, -0.2) is 0 Å². The number of rotatable bonds is 1. The van der Waals surface area contributed by atoms with Gasteiger partial charge in [-0.3, -0.25) is 4.90 Å². The Morgan fingerprint density at radius 2 is 1.35 bits per heavy atom. The first-order valence-corrected chi connectivity index (χ1v) is 6.92. The summed E-state index contributed by atoms with van der Waals surface area (Å²) in [6.07, 6.45) is 0. The lowest BCUT2D eigenvalue weighted by Crippen LogP contribution is -2.14. The van der Waals surface area contributed by atoms with Crippen molar-refractivity contribution in [3.63, 3.8) is 0 Å². The number of hydrogen-bond donors (Lipinski definition) is 0. The van der Waals surface area contributed by atoms with Crippen LogP contribution in [0.1, 0.15) is 52.7 Å². The van der Waals surface area contributed by atoms with Crippen LogP contribution in [-0.4, -0.2) is 11.4 Å².